The van der Waals surface area contributed by atoms with Crippen molar-refractivity contribution < 1.29 is 5.11 Å². The molecule has 0 aromatic carbocycles. The largest absolute Gasteiger partial charge is 0.390 e. The quantitative estimate of drug-likeness (QED) is 0.605. The van der Waals surface area contributed by atoms with Crippen LogP contribution in [0.25, 0.3) is 0 Å². The molecule has 1 heteroatoms. The van der Waals surface area contributed by atoms with Crippen LogP contribution in [0, 0.1) is 35.5 Å². The maximum atomic E-state index is 9.09. The summed E-state index contributed by atoms with van der Waals surface area (Å²) in [5.74, 6) is 5.40. The van der Waals surface area contributed by atoms with Crippen LogP contribution in [0.5, 0.6) is 0 Å². The number of hydrogen-bond donors (Lipinski definition) is 1. The Hall–Kier alpha value is -0.0400. The van der Waals surface area contributed by atoms with Crippen LogP contribution >= 0.6 is 0 Å². The summed E-state index contributed by atoms with van der Waals surface area (Å²) in [7, 11) is 0. The van der Waals surface area contributed by atoms with Gasteiger partial charge in [0.2, 0.25) is 0 Å². The van der Waals surface area contributed by atoms with E-state index in [1.54, 1.807) is 0 Å². The first kappa shape index (κ1) is 24.2. The Morgan fingerprint density at radius 2 is 1.09 bits per heavy atom. The highest BCUT2D eigenvalue weighted by molar-refractivity contribution is 4.79. The average Bonchev–Trinajstić information content (AvgIpc) is 3.16. The molecule has 0 radical (unpaired) electrons. The molecule has 0 bridgehead atoms. The zero-order chi connectivity index (χ0) is 16.8. The van der Waals surface area contributed by atoms with Crippen LogP contribution in [0.4, 0.5) is 0 Å². The molecule has 136 valence electrons. The second-order valence-corrected chi connectivity index (χ2v) is 8.83. The van der Waals surface area contributed by atoms with E-state index in [-0.39, 0.29) is 7.43 Å². The van der Waals surface area contributed by atoms with Crippen molar-refractivity contribution >= 4 is 0 Å². The van der Waals surface area contributed by atoms with Crippen molar-refractivity contribution in [3.8, 4) is 0 Å². The van der Waals surface area contributed by atoms with Gasteiger partial charge >= 0.3 is 0 Å². The van der Waals surface area contributed by atoms with Crippen LogP contribution in [-0.2, 0) is 0 Å². The molecule has 0 spiro atoms. The predicted molar refractivity (Wildman–Crippen MR) is 102 cm³/mol. The summed E-state index contributed by atoms with van der Waals surface area (Å²) in [4.78, 5) is 0. The van der Waals surface area contributed by atoms with E-state index in [2.05, 4.69) is 34.6 Å². The van der Waals surface area contributed by atoms with Crippen LogP contribution in [0.1, 0.15) is 95.4 Å². The highest BCUT2D eigenvalue weighted by Crippen LogP contribution is 2.39. The fraction of sp³-hybridized carbons (Fsp3) is 1.00. The van der Waals surface area contributed by atoms with Crippen molar-refractivity contribution in [3.63, 3.8) is 0 Å². The molecule has 0 heterocycles. The van der Waals surface area contributed by atoms with Crippen molar-refractivity contribution in [3.05, 3.63) is 0 Å². The van der Waals surface area contributed by atoms with E-state index in [0.29, 0.717) is 5.92 Å². The number of aliphatic hydroxyl groups is 1. The van der Waals surface area contributed by atoms with Gasteiger partial charge in [-0.3, -0.25) is 0 Å². The molecule has 2 rings (SSSR count). The minimum atomic E-state index is -0.500. The summed E-state index contributed by atoms with van der Waals surface area (Å²) in [6.45, 7) is 19.3. The third kappa shape index (κ3) is 12.5. The molecule has 2 aliphatic carbocycles. The van der Waals surface area contributed by atoms with E-state index >= 15 is 0 Å². The van der Waals surface area contributed by atoms with Gasteiger partial charge in [0.25, 0.3) is 0 Å². The van der Waals surface area contributed by atoms with Gasteiger partial charge in [-0.05, 0) is 75.0 Å². The van der Waals surface area contributed by atoms with Crippen LogP contribution < -0.4 is 0 Å². The van der Waals surface area contributed by atoms with Gasteiger partial charge in [-0.15, -0.1) is 0 Å². The van der Waals surface area contributed by atoms with Crippen LogP contribution in [-0.4, -0.2) is 10.7 Å². The lowest BCUT2D eigenvalue weighted by Crippen LogP contribution is -2.25. The topological polar surface area (TPSA) is 20.2 Å². The number of rotatable bonds is 4. The van der Waals surface area contributed by atoms with Crippen molar-refractivity contribution in [2.75, 3.05) is 0 Å². The Bertz CT molecular complexity index is 250. The van der Waals surface area contributed by atoms with Gasteiger partial charge < -0.3 is 5.11 Å². The molecular weight excluding hydrogens is 268 g/mol. The predicted octanol–water partition coefficient (Wildman–Crippen LogP) is 6.79. The Labute approximate surface area is 142 Å². The SMILES string of the molecule is C.CC(C)C(C)(C)O.CC(C)C(C)C1CC1.CC(C)C1CC1. The molecule has 22 heavy (non-hydrogen) atoms. The first-order chi connectivity index (χ1) is 9.46. The van der Waals surface area contributed by atoms with Crippen molar-refractivity contribution in [2.24, 2.45) is 35.5 Å². The summed E-state index contributed by atoms with van der Waals surface area (Å²) in [6, 6.07) is 0. The normalized spacial score (nSPS) is 19.0. The summed E-state index contributed by atoms with van der Waals surface area (Å²) >= 11 is 0. The smallest absolute Gasteiger partial charge is 0.0614 e. The molecule has 2 aliphatic rings. The molecule has 0 saturated heterocycles. The molecule has 2 fully saturated rings. The third-order valence-corrected chi connectivity index (χ3v) is 5.39. The van der Waals surface area contributed by atoms with Gasteiger partial charge in [0.05, 0.1) is 5.60 Å². The number of hydrogen-bond acceptors (Lipinski definition) is 1. The van der Waals surface area contributed by atoms with Crippen LogP contribution in [0.2, 0.25) is 0 Å². The van der Waals surface area contributed by atoms with Crippen LogP contribution in [0.15, 0.2) is 0 Å². The molecule has 1 N–H and O–H groups in total. The zero-order valence-electron chi connectivity index (χ0n) is 16.2. The van der Waals surface area contributed by atoms with Gasteiger partial charge in [0.15, 0.2) is 0 Å². The highest BCUT2D eigenvalue weighted by atomic mass is 16.3. The van der Waals surface area contributed by atoms with Crippen molar-refractivity contribution in [2.45, 2.75) is 101 Å². The fourth-order valence-corrected chi connectivity index (χ4v) is 1.93. The molecule has 1 atom stereocenters. The average molecular weight is 315 g/mol. The van der Waals surface area contributed by atoms with E-state index < -0.39 is 5.60 Å². The molecule has 0 aromatic heterocycles. The van der Waals surface area contributed by atoms with E-state index in [4.69, 9.17) is 5.11 Å². The van der Waals surface area contributed by atoms with Gasteiger partial charge in [-0.25, -0.2) is 0 Å². The van der Waals surface area contributed by atoms with Gasteiger partial charge in [0, 0.05) is 0 Å². The first-order valence-corrected chi connectivity index (χ1v) is 9.19. The monoisotopic (exact) mass is 314 g/mol. The second kappa shape index (κ2) is 10.7. The van der Waals surface area contributed by atoms with E-state index in [9.17, 15) is 0 Å². The van der Waals surface area contributed by atoms with Gasteiger partial charge in [-0.1, -0.05) is 55.9 Å². The molecule has 0 aromatic rings. The lowest BCUT2D eigenvalue weighted by molar-refractivity contribution is 0.0327. The molecule has 2 saturated carbocycles. The Kier molecular flexibility index (Phi) is 11.8. The lowest BCUT2D eigenvalue weighted by atomic mass is 9.93. The minimum absolute atomic E-state index is 0. The van der Waals surface area contributed by atoms with Crippen molar-refractivity contribution in [1.82, 2.24) is 0 Å². The second-order valence-electron chi connectivity index (χ2n) is 8.83. The zero-order valence-corrected chi connectivity index (χ0v) is 16.2. The maximum Gasteiger partial charge on any atom is 0.0614 e. The Morgan fingerprint density at radius 3 is 1.14 bits per heavy atom. The third-order valence-electron chi connectivity index (χ3n) is 5.39. The maximum absolute atomic E-state index is 9.09. The fourth-order valence-electron chi connectivity index (χ4n) is 1.93. The molecule has 1 unspecified atom stereocenters. The molecule has 0 amide bonds. The van der Waals surface area contributed by atoms with Gasteiger partial charge in [0.1, 0.15) is 0 Å². The molecule has 0 aliphatic heterocycles. The van der Waals surface area contributed by atoms with E-state index in [1.165, 1.54) is 25.7 Å². The summed E-state index contributed by atoms with van der Waals surface area (Å²) < 4.78 is 0. The summed E-state index contributed by atoms with van der Waals surface area (Å²) in [6.07, 6.45) is 5.99. The lowest BCUT2D eigenvalue weighted by Gasteiger charge is -2.21. The highest BCUT2D eigenvalue weighted by Gasteiger charge is 2.29. The summed E-state index contributed by atoms with van der Waals surface area (Å²) in [5.41, 5.74) is -0.500. The molecule has 1 nitrogen and oxygen atoms in total. The first-order valence-electron chi connectivity index (χ1n) is 9.19. The van der Waals surface area contributed by atoms with Crippen molar-refractivity contribution in [1.29, 1.82) is 0 Å². The van der Waals surface area contributed by atoms with E-state index in [1.807, 2.05) is 27.7 Å². The minimum Gasteiger partial charge on any atom is -0.390 e. The Morgan fingerprint density at radius 1 is 0.773 bits per heavy atom. The van der Waals surface area contributed by atoms with Gasteiger partial charge in [-0.2, -0.15) is 0 Å². The molecular formula is C21H46O. The van der Waals surface area contributed by atoms with Crippen LogP contribution in [0.3, 0.4) is 0 Å². The summed E-state index contributed by atoms with van der Waals surface area (Å²) in [5, 5.41) is 9.09. The Balaban J connectivity index is 0. The van der Waals surface area contributed by atoms with E-state index in [0.717, 1.165) is 29.6 Å². The standard InChI is InChI=1S/C8H16.C6H14O.C6H12.CH4/c1-6(2)7(3)8-4-5-8;1-5(2)6(3,4)7;1-5(2)6-3-4-6;/h6-8H,4-5H2,1-3H3;5,7H,1-4H3;5-6H,3-4H2,1-2H3;1H4.